The lowest BCUT2D eigenvalue weighted by Gasteiger charge is -2.17. The lowest BCUT2D eigenvalue weighted by molar-refractivity contribution is 0.508. The van der Waals surface area contributed by atoms with Gasteiger partial charge in [-0.25, -0.2) is 4.98 Å². The fraction of sp³-hybridized carbons (Fsp3) is 0.167. The number of aromatic nitrogens is 2. The number of hydrogen-bond donors (Lipinski definition) is 3. The Morgan fingerprint density at radius 1 is 1.08 bits per heavy atom. The van der Waals surface area contributed by atoms with Crippen LogP contribution in [0.3, 0.4) is 0 Å². The molecule has 2 aromatic carbocycles. The molecule has 0 amide bonds. The zero-order chi connectivity index (χ0) is 16.9. The van der Waals surface area contributed by atoms with Crippen molar-refractivity contribution in [3.05, 3.63) is 81.9 Å². The van der Waals surface area contributed by atoms with Gasteiger partial charge in [0.25, 0.3) is 0 Å². The molecule has 1 atom stereocenters. The molecular formula is C18H18Cl2N4. The molecule has 0 aliphatic heterocycles. The first-order valence-electron chi connectivity index (χ1n) is 7.62. The van der Waals surface area contributed by atoms with Crippen LogP contribution in [0.4, 0.5) is 5.69 Å². The number of imidazole rings is 1. The number of nitrogens with two attached hydrogens (primary N) is 1. The molecule has 1 heterocycles. The Morgan fingerprint density at radius 2 is 1.88 bits per heavy atom. The second kappa shape index (κ2) is 7.71. The van der Waals surface area contributed by atoms with Crippen LogP contribution in [0, 0.1) is 0 Å². The predicted octanol–water partition coefficient (Wildman–Crippen LogP) is 4.37. The Balaban J connectivity index is 1.76. The summed E-state index contributed by atoms with van der Waals surface area (Å²) in [4.78, 5) is 7.55. The Hall–Kier alpha value is -2.01. The van der Waals surface area contributed by atoms with Crippen LogP contribution >= 0.6 is 23.2 Å². The topological polar surface area (TPSA) is 66.7 Å². The summed E-state index contributed by atoms with van der Waals surface area (Å²) < 4.78 is 0. The normalized spacial score (nSPS) is 12.2. The number of nitrogens with zero attached hydrogens (tertiary/aromatic N) is 1. The van der Waals surface area contributed by atoms with Crippen LogP contribution in [0.25, 0.3) is 0 Å². The highest BCUT2D eigenvalue weighted by Gasteiger charge is 2.15. The molecule has 0 bridgehead atoms. The molecule has 3 aromatic rings. The van der Waals surface area contributed by atoms with E-state index in [1.165, 1.54) is 0 Å². The fourth-order valence-corrected chi connectivity index (χ4v) is 3.21. The smallest absolute Gasteiger partial charge is 0.123 e. The Kier molecular flexibility index (Phi) is 5.41. The second-order valence-electron chi connectivity index (χ2n) is 5.63. The van der Waals surface area contributed by atoms with E-state index < -0.39 is 0 Å². The van der Waals surface area contributed by atoms with E-state index in [4.69, 9.17) is 28.9 Å². The number of nitrogens with one attached hydrogen (secondary N) is 2. The first-order chi connectivity index (χ1) is 11.6. The van der Waals surface area contributed by atoms with Gasteiger partial charge in [-0.3, -0.25) is 0 Å². The predicted molar refractivity (Wildman–Crippen MR) is 99.2 cm³/mol. The van der Waals surface area contributed by atoms with Crippen LogP contribution in [-0.2, 0) is 13.0 Å². The summed E-state index contributed by atoms with van der Waals surface area (Å²) in [6.45, 7) is 0.685. The minimum Gasteiger partial charge on any atom is -0.399 e. The minimum atomic E-state index is 0.0102. The van der Waals surface area contributed by atoms with Gasteiger partial charge in [0, 0.05) is 34.7 Å². The zero-order valence-corrected chi connectivity index (χ0v) is 14.5. The number of anilines is 1. The van der Waals surface area contributed by atoms with E-state index in [1.54, 1.807) is 12.3 Å². The lowest BCUT2D eigenvalue weighted by atomic mass is 10.0. The molecule has 24 heavy (non-hydrogen) atoms. The van der Waals surface area contributed by atoms with Gasteiger partial charge in [0.2, 0.25) is 0 Å². The maximum atomic E-state index is 6.11. The third-order valence-corrected chi connectivity index (χ3v) is 4.15. The summed E-state index contributed by atoms with van der Waals surface area (Å²) in [6.07, 6.45) is 4.28. The van der Waals surface area contributed by atoms with Crippen molar-refractivity contribution in [3.63, 3.8) is 0 Å². The molecule has 1 aromatic heterocycles. The first kappa shape index (κ1) is 16.8. The van der Waals surface area contributed by atoms with Crippen LogP contribution < -0.4 is 11.1 Å². The van der Waals surface area contributed by atoms with Crippen molar-refractivity contribution in [2.45, 2.75) is 19.0 Å². The van der Waals surface area contributed by atoms with Crippen molar-refractivity contribution in [2.24, 2.45) is 0 Å². The molecular weight excluding hydrogens is 343 g/mol. The summed E-state index contributed by atoms with van der Waals surface area (Å²) >= 11 is 12.2. The summed E-state index contributed by atoms with van der Waals surface area (Å²) in [5.41, 5.74) is 8.77. The van der Waals surface area contributed by atoms with Gasteiger partial charge in [-0.2, -0.15) is 0 Å². The van der Waals surface area contributed by atoms with E-state index in [1.807, 2.05) is 42.6 Å². The van der Waals surface area contributed by atoms with E-state index in [-0.39, 0.29) is 6.04 Å². The number of rotatable bonds is 6. The molecule has 0 saturated carbocycles. The fourth-order valence-electron chi connectivity index (χ4n) is 2.64. The van der Waals surface area contributed by atoms with E-state index in [9.17, 15) is 0 Å². The molecule has 0 saturated heterocycles. The summed E-state index contributed by atoms with van der Waals surface area (Å²) in [5, 5.41) is 4.78. The van der Waals surface area contributed by atoms with Gasteiger partial charge in [0.1, 0.15) is 5.82 Å². The molecule has 0 aliphatic carbocycles. The Morgan fingerprint density at radius 3 is 2.54 bits per heavy atom. The molecule has 1 unspecified atom stereocenters. The van der Waals surface area contributed by atoms with E-state index >= 15 is 0 Å². The summed E-state index contributed by atoms with van der Waals surface area (Å²) in [7, 11) is 0. The molecule has 0 radical (unpaired) electrons. The number of halogens is 2. The number of H-pyrrole nitrogens is 1. The summed E-state index contributed by atoms with van der Waals surface area (Å²) in [5.74, 6) is 0.870. The largest absolute Gasteiger partial charge is 0.399 e. The maximum Gasteiger partial charge on any atom is 0.123 e. The molecule has 0 spiro atoms. The van der Waals surface area contributed by atoms with Gasteiger partial charge in [0.05, 0.1) is 6.04 Å². The highest BCUT2D eigenvalue weighted by Crippen LogP contribution is 2.23. The highest BCUT2D eigenvalue weighted by atomic mass is 35.5. The van der Waals surface area contributed by atoms with Crippen molar-refractivity contribution >= 4 is 28.9 Å². The van der Waals surface area contributed by atoms with E-state index in [0.717, 1.165) is 29.1 Å². The minimum absolute atomic E-state index is 0.0102. The molecule has 4 nitrogen and oxygen atoms in total. The van der Waals surface area contributed by atoms with E-state index in [0.29, 0.717) is 16.6 Å². The number of aromatic amines is 1. The quantitative estimate of drug-likeness (QED) is 0.571. The second-order valence-corrected chi connectivity index (χ2v) is 6.51. The van der Waals surface area contributed by atoms with Crippen LogP contribution in [0.5, 0.6) is 0 Å². The van der Waals surface area contributed by atoms with Gasteiger partial charge in [0.15, 0.2) is 0 Å². The third-order valence-electron chi connectivity index (χ3n) is 3.72. The van der Waals surface area contributed by atoms with Crippen LogP contribution in [-0.4, -0.2) is 9.97 Å². The SMILES string of the molecule is Nc1cccc(CNC(Cc2cc(Cl)cc(Cl)c2)c2ncc[nH]2)c1. The van der Waals surface area contributed by atoms with E-state index in [2.05, 4.69) is 15.3 Å². The number of benzene rings is 2. The van der Waals surface area contributed by atoms with Crippen molar-refractivity contribution in [1.29, 1.82) is 0 Å². The van der Waals surface area contributed by atoms with Crippen molar-refractivity contribution in [3.8, 4) is 0 Å². The molecule has 124 valence electrons. The molecule has 4 N–H and O–H groups in total. The van der Waals surface area contributed by atoms with Gasteiger partial charge >= 0.3 is 0 Å². The average Bonchev–Trinajstić information content (AvgIpc) is 3.05. The zero-order valence-electron chi connectivity index (χ0n) is 13.0. The molecule has 0 aliphatic rings. The van der Waals surface area contributed by atoms with Crippen molar-refractivity contribution in [1.82, 2.24) is 15.3 Å². The molecule has 3 rings (SSSR count). The first-order valence-corrected chi connectivity index (χ1v) is 8.38. The van der Waals surface area contributed by atoms with Crippen LogP contribution in [0.1, 0.15) is 23.0 Å². The van der Waals surface area contributed by atoms with Crippen LogP contribution in [0.15, 0.2) is 54.9 Å². The average molecular weight is 361 g/mol. The lowest BCUT2D eigenvalue weighted by Crippen LogP contribution is -2.24. The number of hydrogen-bond acceptors (Lipinski definition) is 3. The maximum absolute atomic E-state index is 6.11. The van der Waals surface area contributed by atoms with Gasteiger partial charge in [-0.05, 0) is 47.9 Å². The highest BCUT2D eigenvalue weighted by molar-refractivity contribution is 6.34. The van der Waals surface area contributed by atoms with Gasteiger partial charge in [-0.1, -0.05) is 35.3 Å². The van der Waals surface area contributed by atoms with Crippen molar-refractivity contribution < 1.29 is 0 Å². The molecule has 6 heteroatoms. The Labute approximate surface area is 151 Å². The van der Waals surface area contributed by atoms with Gasteiger partial charge < -0.3 is 16.0 Å². The van der Waals surface area contributed by atoms with Gasteiger partial charge in [-0.15, -0.1) is 0 Å². The summed E-state index contributed by atoms with van der Waals surface area (Å²) in [6, 6.07) is 13.4. The number of nitrogen functional groups attached to an aromatic ring is 1. The molecule has 0 fully saturated rings. The monoisotopic (exact) mass is 360 g/mol. The van der Waals surface area contributed by atoms with Crippen LogP contribution in [0.2, 0.25) is 10.0 Å². The van der Waals surface area contributed by atoms with Crippen molar-refractivity contribution in [2.75, 3.05) is 5.73 Å². The standard InChI is InChI=1S/C18H18Cl2N4/c19-14-6-13(7-15(20)10-14)9-17(18-22-4-5-23-18)24-11-12-2-1-3-16(21)8-12/h1-8,10,17,24H,9,11,21H2,(H,22,23). The Bertz CT molecular complexity index is 782. The third kappa shape index (κ3) is 4.51.